The number of amides is 1. The molecule has 194 valence electrons. The molecular weight excluding hydrogens is 609 g/mol. The summed E-state index contributed by atoms with van der Waals surface area (Å²) in [5, 5.41) is 25.4. The van der Waals surface area contributed by atoms with Crippen LogP contribution in [0.4, 0.5) is 0 Å². The smallest absolute Gasteiger partial charge is 0.337 e. The van der Waals surface area contributed by atoms with E-state index in [4.69, 9.17) is 0 Å². The summed E-state index contributed by atoms with van der Waals surface area (Å²) in [6.45, 7) is 1.87. The van der Waals surface area contributed by atoms with Gasteiger partial charge in [-0.15, -0.1) is 0 Å². The largest absolute Gasteiger partial charge is 0.478 e. The predicted molar refractivity (Wildman–Crippen MR) is 144 cm³/mol. The Balaban J connectivity index is 1.72. The maximum atomic E-state index is 13.4. The zero-order valence-electron chi connectivity index (χ0n) is 20.1. The number of halogens is 1. The molecule has 1 saturated carbocycles. The summed E-state index contributed by atoms with van der Waals surface area (Å²) in [5.74, 6) is -1.59. The summed E-state index contributed by atoms with van der Waals surface area (Å²) >= 11 is 2.00. The van der Waals surface area contributed by atoms with Crippen LogP contribution in [-0.2, 0) is 21.4 Å². The second-order valence-electron chi connectivity index (χ2n) is 9.03. The number of benzene rings is 1. The molecule has 10 nitrogen and oxygen atoms in total. The van der Waals surface area contributed by atoms with E-state index < -0.39 is 22.0 Å². The Morgan fingerprint density at radius 3 is 2.57 bits per heavy atom. The highest BCUT2D eigenvalue weighted by molar-refractivity contribution is 14.1. The van der Waals surface area contributed by atoms with Gasteiger partial charge in [-0.3, -0.25) is 4.79 Å². The monoisotopic (exact) mass is 635 g/mol. The number of carbonyl (C=O) groups is 2. The first-order valence-corrected chi connectivity index (χ1v) is 14.3. The van der Waals surface area contributed by atoms with Crippen LogP contribution in [0, 0.1) is 21.8 Å². The first-order valence-electron chi connectivity index (χ1n) is 11.8. The summed E-state index contributed by atoms with van der Waals surface area (Å²) in [4.78, 5) is 29.3. The predicted octanol–water partition coefficient (Wildman–Crippen LogP) is 3.32. The maximum absolute atomic E-state index is 13.4. The quantitative estimate of drug-likeness (QED) is 0.303. The second-order valence-corrected chi connectivity index (χ2v) is 12.0. The van der Waals surface area contributed by atoms with Gasteiger partial charge in [-0.05, 0) is 60.1 Å². The molecule has 12 heteroatoms. The molecule has 0 bridgehead atoms. The topological polar surface area (TPSA) is 154 Å². The second kappa shape index (κ2) is 11.2. The van der Waals surface area contributed by atoms with Crippen LogP contribution in [0.2, 0.25) is 0 Å². The van der Waals surface area contributed by atoms with E-state index in [1.807, 2.05) is 35.6 Å². The minimum absolute atomic E-state index is 0.00429. The van der Waals surface area contributed by atoms with Crippen LogP contribution in [0.5, 0.6) is 0 Å². The normalized spacial score (nSPS) is 14.9. The van der Waals surface area contributed by atoms with Crippen molar-refractivity contribution < 1.29 is 23.1 Å². The minimum Gasteiger partial charge on any atom is -0.478 e. The SMILES string of the molecule is Cc1ccc(S(=O)(=O)n2cc(C(=O)O)c3c(CN[C@H](CC#N)C(=O)NC4CCCC4)c(I)cnc32)cc1. The third kappa shape index (κ3) is 5.63. The number of nitrogens with zero attached hydrogens (tertiary/aromatic N) is 3. The minimum atomic E-state index is -4.13. The van der Waals surface area contributed by atoms with E-state index in [2.05, 4.69) is 15.6 Å². The Bertz CT molecular complexity index is 1490. The van der Waals surface area contributed by atoms with E-state index >= 15 is 0 Å². The molecule has 3 N–H and O–H groups in total. The summed E-state index contributed by atoms with van der Waals surface area (Å²) in [6, 6.07) is 7.54. The number of nitriles is 1. The Kier molecular flexibility index (Phi) is 8.15. The van der Waals surface area contributed by atoms with E-state index in [0.29, 0.717) is 9.13 Å². The van der Waals surface area contributed by atoms with E-state index in [0.717, 1.165) is 41.4 Å². The lowest BCUT2D eigenvalue weighted by Gasteiger charge is -2.20. The van der Waals surface area contributed by atoms with Crippen LogP contribution in [0.3, 0.4) is 0 Å². The molecule has 1 atom stereocenters. The van der Waals surface area contributed by atoms with Gasteiger partial charge in [0, 0.05) is 33.9 Å². The number of aromatic nitrogens is 2. The number of fused-ring (bicyclic) bond motifs is 1. The number of hydrogen-bond acceptors (Lipinski definition) is 7. The Morgan fingerprint density at radius 1 is 1.27 bits per heavy atom. The highest BCUT2D eigenvalue weighted by Crippen LogP contribution is 2.30. The van der Waals surface area contributed by atoms with Gasteiger partial charge >= 0.3 is 5.97 Å². The first kappa shape index (κ1) is 27.0. The standard InChI is InChI=1S/C25H26IN5O5S/c1-15-6-8-17(9-7-15)37(35,36)31-14-19(25(33)34)22-18(20(26)13-29-23(22)31)12-28-21(10-11-27)24(32)30-16-4-2-3-5-16/h6-9,13-14,16,21,28H,2-5,10,12H2,1H3,(H,30,32)(H,33,34)/t21-/m1/s1. The van der Waals surface area contributed by atoms with Crippen LogP contribution in [0.1, 0.15) is 53.6 Å². The molecular formula is C25H26IN5O5S. The number of hydrogen-bond donors (Lipinski definition) is 3. The van der Waals surface area contributed by atoms with Crippen molar-refractivity contribution in [2.45, 2.75) is 62.6 Å². The molecule has 0 aliphatic heterocycles. The van der Waals surface area contributed by atoms with Crippen molar-refractivity contribution in [2.24, 2.45) is 0 Å². The Morgan fingerprint density at radius 2 is 1.95 bits per heavy atom. The number of carbonyl (C=O) groups excluding carboxylic acids is 1. The molecule has 3 aromatic rings. The van der Waals surface area contributed by atoms with Gasteiger partial charge in [-0.1, -0.05) is 30.5 Å². The lowest BCUT2D eigenvalue weighted by atomic mass is 10.1. The summed E-state index contributed by atoms with van der Waals surface area (Å²) in [7, 11) is -4.13. The maximum Gasteiger partial charge on any atom is 0.337 e. The summed E-state index contributed by atoms with van der Waals surface area (Å²) in [5.41, 5.74) is 1.12. The molecule has 0 unspecified atom stereocenters. The molecule has 1 aliphatic carbocycles. The van der Waals surface area contributed by atoms with Crippen LogP contribution in [-0.4, -0.2) is 46.4 Å². The number of carboxylic acids is 1. The van der Waals surface area contributed by atoms with Gasteiger partial charge in [0.15, 0.2) is 5.65 Å². The van der Waals surface area contributed by atoms with Gasteiger partial charge in [0.25, 0.3) is 10.0 Å². The molecule has 1 amide bonds. The number of pyridine rings is 1. The lowest BCUT2D eigenvalue weighted by molar-refractivity contribution is -0.123. The summed E-state index contributed by atoms with van der Waals surface area (Å²) in [6.07, 6.45) is 6.36. The number of rotatable bonds is 9. The highest BCUT2D eigenvalue weighted by Gasteiger charge is 2.28. The van der Waals surface area contributed by atoms with Crippen molar-refractivity contribution in [3.05, 3.63) is 56.9 Å². The molecule has 2 aromatic heterocycles. The van der Waals surface area contributed by atoms with Crippen LogP contribution in [0.15, 0.2) is 41.6 Å². The molecule has 2 heterocycles. The lowest BCUT2D eigenvalue weighted by Crippen LogP contribution is -2.46. The van der Waals surface area contributed by atoms with Crippen molar-refractivity contribution in [3.8, 4) is 6.07 Å². The number of aromatic carboxylic acids is 1. The number of nitrogens with one attached hydrogen (secondary N) is 2. The van der Waals surface area contributed by atoms with Gasteiger partial charge in [-0.2, -0.15) is 5.26 Å². The van der Waals surface area contributed by atoms with E-state index in [1.54, 1.807) is 12.1 Å². The van der Waals surface area contributed by atoms with E-state index in [-0.39, 0.29) is 46.4 Å². The molecule has 1 aliphatic rings. The van der Waals surface area contributed by atoms with Crippen molar-refractivity contribution in [1.82, 2.24) is 19.6 Å². The van der Waals surface area contributed by atoms with E-state index in [9.17, 15) is 28.4 Å². The third-order valence-electron chi connectivity index (χ3n) is 6.49. The van der Waals surface area contributed by atoms with Crippen molar-refractivity contribution in [1.29, 1.82) is 5.26 Å². The highest BCUT2D eigenvalue weighted by atomic mass is 127. The average molecular weight is 635 g/mol. The van der Waals surface area contributed by atoms with Crippen LogP contribution < -0.4 is 10.6 Å². The van der Waals surface area contributed by atoms with Gasteiger partial charge in [0.05, 0.1) is 22.9 Å². The number of aryl methyl sites for hydroxylation is 1. The van der Waals surface area contributed by atoms with Crippen molar-refractivity contribution in [2.75, 3.05) is 0 Å². The molecule has 1 fully saturated rings. The van der Waals surface area contributed by atoms with Gasteiger partial charge in [0.2, 0.25) is 5.91 Å². The fourth-order valence-electron chi connectivity index (χ4n) is 4.50. The first-order chi connectivity index (χ1) is 17.6. The van der Waals surface area contributed by atoms with Crippen LogP contribution >= 0.6 is 22.6 Å². The number of carboxylic acid groups (broad SMARTS) is 1. The van der Waals surface area contributed by atoms with Gasteiger partial charge in [-0.25, -0.2) is 22.2 Å². The molecule has 1 aromatic carbocycles. The van der Waals surface area contributed by atoms with Crippen molar-refractivity contribution >= 4 is 55.5 Å². The van der Waals surface area contributed by atoms with Gasteiger partial charge < -0.3 is 15.7 Å². The Labute approximate surface area is 228 Å². The third-order valence-corrected chi connectivity index (χ3v) is 9.08. The molecule has 37 heavy (non-hydrogen) atoms. The average Bonchev–Trinajstić information content (AvgIpc) is 3.51. The van der Waals surface area contributed by atoms with Crippen molar-refractivity contribution in [3.63, 3.8) is 0 Å². The molecule has 0 radical (unpaired) electrons. The molecule has 0 saturated heterocycles. The fourth-order valence-corrected chi connectivity index (χ4v) is 6.41. The zero-order valence-corrected chi connectivity index (χ0v) is 23.0. The summed E-state index contributed by atoms with van der Waals surface area (Å²) < 4.78 is 28.3. The molecule has 0 spiro atoms. The fraction of sp³-hybridized carbons (Fsp3) is 0.360. The van der Waals surface area contributed by atoms with Gasteiger partial charge in [0.1, 0.15) is 6.04 Å². The molecule has 4 rings (SSSR count). The zero-order chi connectivity index (χ0) is 26.7. The van der Waals surface area contributed by atoms with Crippen LogP contribution in [0.25, 0.3) is 11.0 Å². The Hall–Kier alpha value is -3.02. The van der Waals surface area contributed by atoms with E-state index in [1.165, 1.54) is 18.3 Å².